The lowest BCUT2D eigenvalue weighted by molar-refractivity contribution is -0.140. The Morgan fingerprint density at radius 2 is 1.66 bits per heavy atom. The van der Waals surface area contributed by atoms with Crippen LogP contribution < -0.4 is 5.32 Å². The molecule has 4 nitrogen and oxygen atoms in total. The first-order valence-electron chi connectivity index (χ1n) is 11.7. The first kappa shape index (κ1) is 26.7. The summed E-state index contributed by atoms with van der Waals surface area (Å²) in [5, 5.41) is 3.73. The topological polar surface area (TPSA) is 49.4 Å². The molecule has 0 radical (unpaired) electrons. The average Bonchev–Trinajstić information content (AvgIpc) is 2.85. The lowest BCUT2D eigenvalue weighted by Gasteiger charge is -2.32. The van der Waals surface area contributed by atoms with E-state index >= 15 is 0 Å². The summed E-state index contributed by atoms with van der Waals surface area (Å²) in [4.78, 5) is 28.5. The summed E-state index contributed by atoms with van der Waals surface area (Å²) in [5.41, 5.74) is 1.92. The van der Waals surface area contributed by atoms with Crippen molar-refractivity contribution >= 4 is 35.0 Å². The van der Waals surface area contributed by atoms with Gasteiger partial charge in [-0.3, -0.25) is 9.59 Å². The molecule has 0 aliphatic heterocycles. The highest BCUT2D eigenvalue weighted by Crippen LogP contribution is 2.25. The normalized spacial score (nSPS) is 11.7. The third-order valence-corrected chi connectivity index (χ3v) is 6.48. The first-order valence-corrected chi connectivity index (χ1v) is 12.4. The van der Waals surface area contributed by atoms with Gasteiger partial charge in [0.25, 0.3) is 0 Å². The van der Waals surface area contributed by atoms with Crippen LogP contribution in [0, 0.1) is 5.82 Å². The maximum absolute atomic E-state index is 14.4. The zero-order valence-corrected chi connectivity index (χ0v) is 21.2. The SMILES string of the molecule is CCCCNC(=O)[C@@H](Cc1ccccc1)N(Cc1ccc(Cl)c(Cl)c1)C(=O)Cc1ccccc1F. The van der Waals surface area contributed by atoms with Crippen LogP contribution in [0.15, 0.2) is 72.8 Å². The predicted octanol–water partition coefficient (Wildman–Crippen LogP) is 6.23. The van der Waals surface area contributed by atoms with Crippen LogP contribution in [0.1, 0.15) is 36.5 Å². The van der Waals surface area contributed by atoms with Crippen LogP contribution in [-0.2, 0) is 29.0 Å². The second kappa shape index (κ2) is 13.3. The zero-order chi connectivity index (χ0) is 25.2. The number of amides is 2. The van der Waals surface area contributed by atoms with Gasteiger partial charge >= 0.3 is 0 Å². The van der Waals surface area contributed by atoms with Crippen molar-refractivity contribution in [3.05, 3.63) is 105 Å². The molecule has 1 atom stereocenters. The molecule has 3 rings (SSSR count). The number of nitrogens with zero attached hydrogens (tertiary/aromatic N) is 1. The monoisotopic (exact) mass is 514 g/mol. The average molecular weight is 515 g/mol. The molecule has 35 heavy (non-hydrogen) atoms. The maximum Gasteiger partial charge on any atom is 0.243 e. The Balaban J connectivity index is 1.97. The van der Waals surface area contributed by atoms with Crippen molar-refractivity contribution in [1.29, 1.82) is 0 Å². The van der Waals surface area contributed by atoms with E-state index in [1.54, 1.807) is 36.4 Å². The lowest BCUT2D eigenvalue weighted by Crippen LogP contribution is -2.51. The molecule has 2 amide bonds. The summed E-state index contributed by atoms with van der Waals surface area (Å²) in [6.07, 6.45) is 1.92. The van der Waals surface area contributed by atoms with Gasteiger partial charge in [-0.15, -0.1) is 0 Å². The minimum Gasteiger partial charge on any atom is -0.354 e. The van der Waals surface area contributed by atoms with E-state index in [4.69, 9.17) is 23.2 Å². The molecule has 0 aromatic heterocycles. The fourth-order valence-electron chi connectivity index (χ4n) is 3.80. The van der Waals surface area contributed by atoms with E-state index in [2.05, 4.69) is 5.32 Å². The molecule has 3 aromatic rings. The van der Waals surface area contributed by atoms with Crippen molar-refractivity contribution in [3.63, 3.8) is 0 Å². The predicted molar refractivity (Wildman–Crippen MR) is 139 cm³/mol. The van der Waals surface area contributed by atoms with E-state index in [0.717, 1.165) is 24.0 Å². The molecular weight excluding hydrogens is 486 g/mol. The van der Waals surface area contributed by atoms with Crippen LogP contribution in [0.3, 0.4) is 0 Å². The summed E-state index contributed by atoms with van der Waals surface area (Å²) in [7, 11) is 0. The number of benzene rings is 3. The smallest absolute Gasteiger partial charge is 0.243 e. The molecule has 0 fully saturated rings. The molecule has 0 aliphatic rings. The Morgan fingerprint density at radius 3 is 2.34 bits per heavy atom. The molecule has 0 saturated heterocycles. The van der Waals surface area contributed by atoms with Crippen LogP contribution >= 0.6 is 23.2 Å². The second-order valence-electron chi connectivity index (χ2n) is 8.39. The Kier molecular flexibility index (Phi) is 10.1. The summed E-state index contributed by atoms with van der Waals surface area (Å²) in [5.74, 6) is -1.06. The molecule has 0 spiro atoms. The van der Waals surface area contributed by atoms with Crippen molar-refractivity contribution in [1.82, 2.24) is 10.2 Å². The number of halogens is 3. The highest BCUT2D eigenvalue weighted by molar-refractivity contribution is 6.42. The van der Waals surface area contributed by atoms with Crippen LogP contribution in [0.25, 0.3) is 0 Å². The molecule has 0 aliphatic carbocycles. The Labute approximate surface area is 216 Å². The van der Waals surface area contributed by atoms with Gasteiger partial charge in [-0.2, -0.15) is 0 Å². The molecule has 3 aromatic carbocycles. The molecule has 0 saturated carbocycles. The Morgan fingerprint density at radius 1 is 0.943 bits per heavy atom. The Bertz CT molecular complexity index is 1140. The highest BCUT2D eigenvalue weighted by Gasteiger charge is 2.30. The first-order chi connectivity index (χ1) is 16.9. The third kappa shape index (κ3) is 7.81. The second-order valence-corrected chi connectivity index (χ2v) is 9.20. The lowest BCUT2D eigenvalue weighted by atomic mass is 10.0. The third-order valence-electron chi connectivity index (χ3n) is 5.74. The van der Waals surface area contributed by atoms with Gasteiger partial charge < -0.3 is 10.2 Å². The molecule has 7 heteroatoms. The molecular formula is C28H29Cl2FN2O2. The van der Waals surface area contributed by atoms with Crippen molar-refractivity contribution in [2.24, 2.45) is 0 Å². The fraction of sp³-hybridized carbons (Fsp3) is 0.286. The number of rotatable bonds is 11. The van der Waals surface area contributed by atoms with Crippen LogP contribution in [0.2, 0.25) is 10.0 Å². The molecule has 184 valence electrons. The molecule has 0 unspecified atom stereocenters. The van der Waals surface area contributed by atoms with Crippen LogP contribution in [0.5, 0.6) is 0 Å². The number of carbonyl (C=O) groups excluding carboxylic acids is 2. The molecule has 0 bridgehead atoms. The number of unbranched alkanes of at least 4 members (excludes halogenated alkanes) is 1. The van der Waals surface area contributed by atoms with Crippen LogP contribution in [-0.4, -0.2) is 29.3 Å². The maximum atomic E-state index is 14.4. The van der Waals surface area contributed by atoms with E-state index in [1.807, 2.05) is 37.3 Å². The fourth-order valence-corrected chi connectivity index (χ4v) is 4.12. The van der Waals surface area contributed by atoms with Gasteiger partial charge in [0.1, 0.15) is 11.9 Å². The Hall–Kier alpha value is -2.89. The molecule has 0 heterocycles. The summed E-state index contributed by atoms with van der Waals surface area (Å²) in [6, 6.07) is 20.0. The summed E-state index contributed by atoms with van der Waals surface area (Å²) < 4.78 is 14.4. The van der Waals surface area contributed by atoms with Gasteiger partial charge in [0.05, 0.1) is 16.5 Å². The van der Waals surface area contributed by atoms with Crippen LogP contribution in [0.4, 0.5) is 4.39 Å². The van der Waals surface area contributed by atoms with Crippen molar-refractivity contribution in [3.8, 4) is 0 Å². The van der Waals surface area contributed by atoms with E-state index < -0.39 is 11.9 Å². The van der Waals surface area contributed by atoms with Gasteiger partial charge in [0.2, 0.25) is 11.8 Å². The van der Waals surface area contributed by atoms with E-state index in [1.165, 1.54) is 11.0 Å². The number of hydrogen-bond acceptors (Lipinski definition) is 2. The highest BCUT2D eigenvalue weighted by atomic mass is 35.5. The minimum atomic E-state index is -0.789. The van der Waals surface area contributed by atoms with Crippen molar-refractivity contribution < 1.29 is 14.0 Å². The van der Waals surface area contributed by atoms with Gasteiger partial charge in [-0.05, 0) is 41.3 Å². The standard InChI is InChI=1S/C28H29Cl2FN2O2/c1-2-3-15-32-28(35)26(17-20-9-5-4-6-10-20)33(19-21-13-14-23(29)24(30)16-21)27(34)18-22-11-7-8-12-25(22)31/h4-14,16,26H,2-3,15,17-19H2,1H3,(H,32,35)/t26-/m1/s1. The van der Waals surface area contributed by atoms with Crippen molar-refractivity contribution in [2.45, 2.75) is 45.2 Å². The molecule has 1 N–H and O–H groups in total. The summed E-state index contributed by atoms with van der Waals surface area (Å²) in [6.45, 7) is 2.69. The number of carbonyl (C=O) groups is 2. The van der Waals surface area contributed by atoms with Crippen molar-refractivity contribution in [2.75, 3.05) is 6.54 Å². The van der Waals surface area contributed by atoms with Gasteiger partial charge in [0.15, 0.2) is 0 Å². The van der Waals surface area contributed by atoms with Gasteiger partial charge in [0, 0.05) is 19.5 Å². The summed E-state index contributed by atoms with van der Waals surface area (Å²) >= 11 is 12.3. The van der Waals surface area contributed by atoms with E-state index in [-0.39, 0.29) is 30.3 Å². The van der Waals surface area contributed by atoms with E-state index in [0.29, 0.717) is 23.0 Å². The quantitative estimate of drug-likeness (QED) is 0.308. The number of hydrogen-bond donors (Lipinski definition) is 1. The zero-order valence-electron chi connectivity index (χ0n) is 19.6. The number of nitrogens with one attached hydrogen (secondary N) is 1. The largest absolute Gasteiger partial charge is 0.354 e. The minimum absolute atomic E-state index is 0.128. The van der Waals surface area contributed by atoms with Gasteiger partial charge in [-0.1, -0.05) is 91.1 Å². The van der Waals surface area contributed by atoms with Gasteiger partial charge in [-0.25, -0.2) is 4.39 Å². The van der Waals surface area contributed by atoms with E-state index in [9.17, 15) is 14.0 Å².